The lowest BCUT2D eigenvalue weighted by Crippen LogP contribution is -2.53. The van der Waals surface area contributed by atoms with Crippen LogP contribution in [0.1, 0.15) is 33.6 Å². The van der Waals surface area contributed by atoms with Gasteiger partial charge in [-0.2, -0.15) is 0 Å². The van der Waals surface area contributed by atoms with Crippen molar-refractivity contribution in [3.63, 3.8) is 0 Å². The Morgan fingerprint density at radius 3 is 2.16 bits per heavy atom. The fourth-order valence-electron chi connectivity index (χ4n) is 3.33. The molecule has 2 aliphatic rings. The molecule has 112 valence electrons. The van der Waals surface area contributed by atoms with Gasteiger partial charge in [0, 0.05) is 45.3 Å². The average Bonchev–Trinajstić information content (AvgIpc) is 2.42. The van der Waals surface area contributed by atoms with Gasteiger partial charge < -0.3 is 9.80 Å². The largest absolute Gasteiger partial charge is 0.301 e. The summed E-state index contributed by atoms with van der Waals surface area (Å²) >= 11 is 0. The molecule has 0 aromatic heterocycles. The van der Waals surface area contributed by atoms with Crippen molar-refractivity contribution in [2.45, 2.75) is 39.7 Å². The molecule has 0 spiro atoms. The van der Waals surface area contributed by atoms with E-state index in [1.165, 1.54) is 58.7 Å². The van der Waals surface area contributed by atoms with Gasteiger partial charge in [-0.15, -0.1) is 0 Å². The molecule has 0 bridgehead atoms. The van der Waals surface area contributed by atoms with E-state index >= 15 is 0 Å². The first kappa shape index (κ1) is 15.2. The monoisotopic (exact) mass is 268 g/mol. The van der Waals surface area contributed by atoms with Crippen LogP contribution < -0.4 is 5.43 Å². The van der Waals surface area contributed by atoms with Gasteiger partial charge in [0.1, 0.15) is 0 Å². The van der Waals surface area contributed by atoms with E-state index in [2.05, 4.69) is 41.0 Å². The SMILES string of the molecule is CCNN1CCN(CC2CCN(C(C)C)CC2)CC1. The second-order valence-electron chi connectivity index (χ2n) is 6.37. The lowest BCUT2D eigenvalue weighted by molar-refractivity contribution is 0.0658. The normalized spacial score (nSPS) is 25.3. The number of piperidine rings is 1. The molecule has 2 aliphatic heterocycles. The topological polar surface area (TPSA) is 21.8 Å². The Balaban J connectivity index is 1.64. The molecule has 0 aromatic carbocycles. The van der Waals surface area contributed by atoms with Crippen LogP contribution in [0.2, 0.25) is 0 Å². The zero-order valence-electron chi connectivity index (χ0n) is 13.1. The zero-order valence-corrected chi connectivity index (χ0v) is 13.1. The molecule has 0 amide bonds. The average molecular weight is 268 g/mol. The third-order valence-electron chi connectivity index (χ3n) is 4.65. The molecular weight excluding hydrogens is 236 g/mol. The summed E-state index contributed by atoms with van der Waals surface area (Å²) in [7, 11) is 0. The molecule has 2 heterocycles. The Morgan fingerprint density at radius 1 is 1.00 bits per heavy atom. The Hall–Kier alpha value is -0.160. The van der Waals surface area contributed by atoms with Crippen molar-refractivity contribution < 1.29 is 0 Å². The molecule has 2 fully saturated rings. The number of likely N-dealkylation sites (tertiary alicyclic amines) is 1. The van der Waals surface area contributed by atoms with Crippen LogP contribution in [0.5, 0.6) is 0 Å². The van der Waals surface area contributed by atoms with Gasteiger partial charge in [0.25, 0.3) is 0 Å². The third-order valence-corrected chi connectivity index (χ3v) is 4.65. The lowest BCUT2D eigenvalue weighted by Gasteiger charge is -2.39. The molecule has 1 N–H and O–H groups in total. The Kier molecular flexibility index (Phi) is 6.07. The van der Waals surface area contributed by atoms with Crippen LogP contribution in [-0.4, -0.2) is 73.2 Å². The van der Waals surface area contributed by atoms with Gasteiger partial charge in [-0.05, 0) is 45.7 Å². The van der Waals surface area contributed by atoms with Crippen LogP contribution in [-0.2, 0) is 0 Å². The fraction of sp³-hybridized carbons (Fsp3) is 1.00. The van der Waals surface area contributed by atoms with E-state index in [0.29, 0.717) is 0 Å². The maximum absolute atomic E-state index is 3.43. The van der Waals surface area contributed by atoms with E-state index in [-0.39, 0.29) is 0 Å². The van der Waals surface area contributed by atoms with Gasteiger partial charge in [-0.25, -0.2) is 5.01 Å². The minimum absolute atomic E-state index is 0.726. The first-order chi connectivity index (χ1) is 9.19. The quantitative estimate of drug-likeness (QED) is 0.810. The molecule has 2 rings (SSSR count). The zero-order chi connectivity index (χ0) is 13.7. The number of nitrogens with zero attached hydrogens (tertiary/aromatic N) is 3. The molecular formula is C15H32N4. The van der Waals surface area contributed by atoms with Crippen LogP contribution in [0.15, 0.2) is 0 Å². The molecule has 4 nitrogen and oxygen atoms in total. The molecule has 4 heteroatoms. The first-order valence-electron chi connectivity index (χ1n) is 8.14. The summed E-state index contributed by atoms with van der Waals surface area (Å²) in [4.78, 5) is 5.29. The number of hydrazine groups is 1. The van der Waals surface area contributed by atoms with Crippen molar-refractivity contribution in [1.82, 2.24) is 20.2 Å². The highest BCUT2D eigenvalue weighted by atomic mass is 15.5. The van der Waals surface area contributed by atoms with Gasteiger partial charge in [0.05, 0.1) is 0 Å². The predicted molar refractivity (Wildman–Crippen MR) is 81.1 cm³/mol. The molecule has 0 aliphatic carbocycles. The first-order valence-corrected chi connectivity index (χ1v) is 8.14. The summed E-state index contributed by atoms with van der Waals surface area (Å²) in [5.41, 5.74) is 3.43. The van der Waals surface area contributed by atoms with Crippen LogP contribution in [0.3, 0.4) is 0 Å². The van der Waals surface area contributed by atoms with Gasteiger partial charge in [-0.1, -0.05) is 6.92 Å². The van der Waals surface area contributed by atoms with Crippen molar-refractivity contribution in [3.8, 4) is 0 Å². The van der Waals surface area contributed by atoms with E-state index in [1.54, 1.807) is 0 Å². The van der Waals surface area contributed by atoms with Crippen LogP contribution >= 0.6 is 0 Å². The van der Waals surface area contributed by atoms with E-state index in [9.17, 15) is 0 Å². The number of hydrogen-bond acceptors (Lipinski definition) is 4. The van der Waals surface area contributed by atoms with Gasteiger partial charge in [0.15, 0.2) is 0 Å². The van der Waals surface area contributed by atoms with E-state index < -0.39 is 0 Å². The summed E-state index contributed by atoms with van der Waals surface area (Å²) in [5, 5.41) is 2.37. The fourth-order valence-corrected chi connectivity index (χ4v) is 3.33. The van der Waals surface area contributed by atoms with Crippen molar-refractivity contribution in [2.75, 3.05) is 52.4 Å². The number of nitrogens with one attached hydrogen (secondary N) is 1. The van der Waals surface area contributed by atoms with Gasteiger partial charge in [-0.3, -0.25) is 5.43 Å². The Labute approximate surface area is 119 Å². The maximum Gasteiger partial charge on any atom is 0.0259 e. The molecule has 0 unspecified atom stereocenters. The van der Waals surface area contributed by atoms with Crippen molar-refractivity contribution in [3.05, 3.63) is 0 Å². The van der Waals surface area contributed by atoms with Crippen LogP contribution in [0, 0.1) is 5.92 Å². The highest BCUT2D eigenvalue weighted by molar-refractivity contribution is 4.78. The highest BCUT2D eigenvalue weighted by Crippen LogP contribution is 2.20. The molecule has 0 atom stereocenters. The van der Waals surface area contributed by atoms with Gasteiger partial charge >= 0.3 is 0 Å². The molecule has 0 radical (unpaired) electrons. The van der Waals surface area contributed by atoms with Crippen molar-refractivity contribution >= 4 is 0 Å². The van der Waals surface area contributed by atoms with Crippen LogP contribution in [0.4, 0.5) is 0 Å². The summed E-state index contributed by atoms with van der Waals surface area (Å²) in [5.74, 6) is 0.931. The summed E-state index contributed by atoms with van der Waals surface area (Å²) in [6.45, 7) is 16.6. The van der Waals surface area contributed by atoms with E-state index in [0.717, 1.165) is 18.5 Å². The molecule has 0 aromatic rings. The minimum atomic E-state index is 0.726. The molecule has 2 saturated heterocycles. The second-order valence-corrected chi connectivity index (χ2v) is 6.37. The minimum Gasteiger partial charge on any atom is -0.301 e. The summed E-state index contributed by atoms with van der Waals surface area (Å²) in [6, 6.07) is 0.726. The van der Waals surface area contributed by atoms with E-state index in [4.69, 9.17) is 0 Å². The van der Waals surface area contributed by atoms with Crippen LogP contribution in [0.25, 0.3) is 0 Å². The second kappa shape index (κ2) is 7.58. The Bertz CT molecular complexity index is 241. The smallest absolute Gasteiger partial charge is 0.0259 e. The Morgan fingerprint density at radius 2 is 1.63 bits per heavy atom. The molecule has 19 heavy (non-hydrogen) atoms. The van der Waals surface area contributed by atoms with E-state index in [1.807, 2.05) is 0 Å². The number of hydrogen-bond donors (Lipinski definition) is 1. The number of rotatable bonds is 5. The summed E-state index contributed by atoms with van der Waals surface area (Å²) in [6.07, 6.45) is 2.79. The van der Waals surface area contributed by atoms with Crippen molar-refractivity contribution in [1.29, 1.82) is 0 Å². The highest BCUT2D eigenvalue weighted by Gasteiger charge is 2.24. The maximum atomic E-state index is 3.43. The standard InChI is InChI=1S/C15H32N4/c1-4-16-19-11-9-17(10-12-19)13-15-5-7-18(8-6-15)14(2)3/h14-16H,4-13H2,1-3H3. The molecule has 0 saturated carbocycles. The predicted octanol–water partition coefficient (Wildman–Crippen LogP) is 1.25. The summed E-state index contributed by atoms with van der Waals surface area (Å²) < 4.78 is 0. The third kappa shape index (κ3) is 4.71. The van der Waals surface area contributed by atoms with Gasteiger partial charge in [0.2, 0.25) is 0 Å². The lowest BCUT2D eigenvalue weighted by atomic mass is 9.95. The number of piperazine rings is 1. The van der Waals surface area contributed by atoms with Crippen molar-refractivity contribution in [2.24, 2.45) is 5.92 Å².